The molecule has 16 heavy (non-hydrogen) atoms. The third-order valence-electron chi connectivity index (χ3n) is 1.80. The van der Waals surface area contributed by atoms with Crippen molar-refractivity contribution in [2.45, 2.75) is 6.92 Å². The first-order chi connectivity index (χ1) is 7.58. The molecule has 1 aromatic rings. The summed E-state index contributed by atoms with van der Waals surface area (Å²) in [6.07, 6.45) is 2.83. The molecule has 0 aliphatic heterocycles. The van der Waals surface area contributed by atoms with Crippen LogP contribution in [-0.2, 0) is 19.1 Å². The maximum absolute atomic E-state index is 11.5. The summed E-state index contributed by atoms with van der Waals surface area (Å²) < 4.78 is 10.6. The number of aryl methyl sites for hydroxylation is 1. The van der Waals surface area contributed by atoms with Crippen molar-refractivity contribution in [3.8, 4) is 0 Å². The van der Waals surface area contributed by atoms with Crippen LogP contribution in [-0.4, -0.2) is 26.2 Å². The molecular formula is C10H12NO4S+. The lowest BCUT2D eigenvalue weighted by Gasteiger charge is -1.96. The Balaban J connectivity index is 3.10. The Labute approximate surface area is 96.9 Å². The quantitative estimate of drug-likeness (QED) is 0.441. The van der Waals surface area contributed by atoms with Crippen molar-refractivity contribution in [2.24, 2.45) is 0 Å². The van der Waals surface area contributed by atoms with E-state index in [1.165, 1.54) is 30.1 Å². The predicted molar refractivity (Wildman–Crippen MR) is 57.6 cm³/mol. The molecule has 86 valence electrons. The topological polar surface area (TPSA) is 56.5 Å². The molecule has 1 aromatic heterocycles. The molecule has 0 saturated heterocycles. The summed E-state index contributed by atoms with van der Waals surface area (Å²) in [5.41, 5.74) is 1.83. The monoisotopic (exact) mass is 242 g/mol. The molecule has 0 N–H and O–H groups in total. The first-order valence-electron chi connectivity index (χ1n) is 4.43. The minimum atomic E-state index is -0.600. The number of aromatic nitrogens is 1. The Morgan fingerprint density at radius 3 is 2.50 bits per heavy atom. The van der Waals surface area contributed by atoms with Crippen LogP contribution >= 0.6 is 11.3 Å². The second-order valence-corrected chi connectivity index (χ2v) is 4.01. The van der Waals surface area contributed by atoms with E-state index in [9.17, 15) is 9.59 Å². The number of ether oxygens (including phenoxy) is 2. The van der Waals surface area contributed by atoms with E-state index < -0.39 is 11.9 Å². The maximum atomic E-state index is 11.5. The molecule has 0 bridgehead atoms. The molecule has 6 heteroatoms. The van der Waals surface area contributed by atoms with Crippen molar-refractivity contribution >= 4 is 29.0 Å². The van der Waals surface area contributed by atoms with E-state index in [1.807, 2.05) is 6.92 Å². The lowest BCUT2D eigenvalue weighted by atomic mass is 10.4. The molecule has 0 aliphatic carbocycles. The van der Waals surface area contributed by atoms with E-state index in [0.29, 0.717) is 0 Å². The summed E-state index contributed by atoms with van der Waals surface area (Å²) in [4.78, 5) is 23.6. The van der Waals surface area contributed by atoms with Gasteiger partial charge in [0.25, 0.3) is 0 Å². The number of hydrogen-bond donors (Lipinski definition) is 0. The van der Waals surface area contributed by atoms with Gasteiger partial charge in [0.05, 0.1) is 19.1 Å². The number of hydrogen-bond acceptors (Lipinski definition) is 5. The van der Waals surface area contributed by atoms with E-state index in [-0.39, 0.29) is 5.70 Å². The van der Waals surface area contributed by atoms with Crippen molar-refractivity contribution in [1.82, 2.24) is 0 Å². The standard InChI is InChI=1S/C10H12NO4S/c1-7-5-11(6-16-7)8(10(13)15-3)4-9(12)14-2/h4-6H,1-3H3/q+1/b8-4+. The zero-order valence-corrected chi connectivity index (χ0v) is 10.0. The van der Waals surface area contributed by atoms with E-state index >= 15 is 0 Å². The van der Waals surface area contributed by atoms with Crippen LogP contribution in [0.5, 0.6) is 0 Å². The highest BCUT2D eigenvalue weighted by Crippen LogP contribution is 2.05. The Morgan fingerprint density at radius 1 is 1.38 bits per heavy atom. The summed E-state index contributed by atoms with van der Waals surface area (Å²) in [5, 5.41) is 0. The Morgan fingerprint density at radius 2 is 2.06 bits per heavy atom. The molecule has 1 rings (SSSR count). The van der Waals surface area contributed by atoms with E-state index in [0.717, 1.165) is 11.0 Å². The first-order valence-corrected chi connectivity index (χ1v) is 5.31. The zero-order valence-electron chi connectivity index (χ0n) is 9.22. The van der Waals surface area contributed by atoms with Crippen LogP contribution in [0.1, 0.15) is 4.88 Å². The number of nitrogens with zero attached hydrogens (tertiary/aromatic N) is 1. The lowest BCUT2D eigenvalue weighted by Crippen LogP contribution is -2.35. The van der Waals surface area contributed by atoms with Gasteiger partial charge >= 0.3 is 17.6 Å². The summed E-state index contributed by atoms with van der Waals surface area (Å²) in [6.45, 7) is 1.90. The van der Waals surface area contributed by atoms with Crippen LogP contribution in [0.4, 0.5) is 0 Å². The van der Waals surface area contributed by atoms with E-state index in [2.05, 4.69) is 9.47 Å². The average molecular weight is 242 g/mol. The molecule has 0 radical (unpaired) electrons. The summed E-state index contributed by atoms with van der Waals surface area (Å²) in [5.74, 6) is -1.19. The van der Waals surface area contributed by atoms with Crippen LogP contribution in [0.25, 0.3) is 5.70 Å². The fourth-order valence-electron chi connectivity index (χ4n) is 1.04. The third kappa shape index (κ3) is 2.90. The van der Waals surface area contributed by atoms with Gasteiger partial charge in [0, 0.05) is 0 Å². The molecule has 0 spiro atoms. The second-order valence-electron chi connectivity index (χ2n) is 2.91. The lowest BCUT2D eigenvalue weighted by molar-refractivity contribution is -0.573. The molecular weight excluding hydrogens is 230 g/mol. The number of rotatable bonds is 3. The van der Waals surface area contributed by atoms with Crippen molar-refractivity contribution in [3.63, 3.8) is 0 Å². The number of carbonyl (C=O) groups excluding carboxylic acids is 2. The largest absolute Gasteiger partial charge is 0.466 e. The Hall–Kier alpha value is -1.69. The van der Waals surface area contributed by atoms with Gasteiger partial charge in [0.1, 0.15) is 6.08 Å². The van der Waals surface area contributed by atoms with Gasteiger partial charge in [-0.2, -0.15) is 4.57 Å². The fourth-order valence-corrected chi connectivity index (χ4v) is 1.67. The van der Waals surface area contributed by atoms with Gasteiger partial charge in [-0.15, -0.1) is 0 Å². The maximum Gasteiger partial charge on any atom is 0.404 e. The van der Waals surface area contributed by atoms with Crippen molar-refractivity contribution in [1.29, 1.82) is 0 Å². The van der Waals surface area contributed by atoms with Crippen LogP contribution in [0.3, 0.4) is 0 Å². The van der Waals surface area contributed by atoms with Crippen LogP contribution in [0.15, 0.2) is 17.8 Å². The number of methoxy groups -OCH3 is 2. The number of esters is 2. The molecule has 0 fully saturated rings. The minimum Gasteiger partial charge on any atom is -0.466 e. The number of thiazole rings is 1. The van der Waals surface area contributed by atoms with Crippen LogP contribution in [0.2, 0.25) is 0 Å². The normalized spacial score (nSPS) is 11.1. The van der Waals surface area contributed by atoms with Gasteiger partial charge in [0.2, 0.25) is 5.51 Å². The third-order valence-corrected chi connectivity index (χ3v) is 2.61. The van der Waals surface area contributed by atoms with Gasteiger partial charge in [-0.1, -0.05) is 11.3 Å². The molecule has 1 heterocycles. The van der Waals surface area contributed by atoms with Crippen molar-refractivity contribution in [3.05, 3.63) is 22.7 Å². The fraction of sp³-hybridized carbons (Fsp3) is 0.300. The van der Waals surface area contributed by atoms with Crippen molar-refractivity contribution < 1.29 is 23.6 Å². The smallest absolute Gasteiger partial charge is 0.404 e. The van der Waals surface area contributed by atoms with Gasteiger partial charge in [-0.05, 0) is 6.92 Å². The highest BCUT2D eigenvalue weighted by Gasteiger charge is 2.23. The first kappa shape index (κ1) is 12.4. The van der Waals surface area contributed by atoms with Crippen LogP contribution < -0.4 is 4.57 Å². The predicted octanol–water partition coefficient (Wildman–Crippen LogP) is 0.531. The number of carbonyl (C=O) groups is 2. The summed E-state index contributed by atoms with van der Waals surface area (Å²) in [7, 11) is 2.50. The molecule has 5 nitrogen and oxygen atoms in total. The molecule has 0 aromatic carbocycles. The van der Waals surface area contributed by atoms with Gasteiger partial charge in [-0.25, -0.2) is 9.59 Å². The SMILES string of the molecule is COC(=O)/C=C(\C(=O)OC)[n+]1csc(C)c1. The van der Waals surface area contributed by atoms with E-state index in [4.69, 9.17) is 0 Å². The van der Waals surface area contributed by atoms with E-state index in [1.54, 1.807) is 11.7 Å². The highest BCUT2D eigenvalue weighted by molar-refractivity contribution is 7.09. The van der Waals surface area contributed by atoms with Gasteiger partial charge in [0.15, 0.2) is 6.20 Å². The molecule has 0 aliphatic rings. The Bertz CT molecular complexity index is 436. The molecule has 0 atom stereocenters. The van der Waals surface area contributed by atoms with Gasteiger partial charge in [-0.3, -0.25) is 0 Å². The second kappa shape index (κ2) is 5.41. The minimum absolute atomic E-state index is 0.124. The zero-order chi connectivity index (χ0) is 12.1. The van der Waals surface area contributed by atoms with Crippen molar-refractivity contribution in [2.75, 3.05) is 14.2 Å². The summed E-state index contributed by atoms with van der Waals surface area (Å²) in [6, 6.07) is 0. The molecule has 0 amide bonds. The average Bonchev–Trinajstić information content (AvgIpc) is 2.71. The molecule has 0 unspecified atom stereocenters. The van der Waals surface area contributed by atoms with Gasteiger partial charge < -0.3 is 9.47 Å². The van der Waals surface area contributed by atoms with Crippen LogP contribution in [0, 0.1) is 6.92 Å². The molecule has 0 saturated carbocycles. The highest BCUT2D eigenvalue weighted by atomic mass is 32.1. The Kier molecular flexibility index (Phi) is 4.19. The summed E-state index contributed by atoms with van der Waals surface area (Å²) >= 11 is 1.46.